The Bertz CT molecular complexity index is 595. The number of nitrogen functional groups attached to an aromatic ring is 1. The molecule has 2 N–H and O–H groups in total. The zero-order chi connectivity index (χ0) is 15.6. The van der Waals surface area contributed by atoms with Gasteiger partial charge in [0.25, 0.3) is 0 Å². The van der Waals surface area contributed by atoms with Crippen LogP contribution in [0.25, 0.3) is 0 Å². The van der Waals surface area contributed by atoms with Gasteiger partial charge in [0.15, 0.2) is 0 Å². The highest BCUT2D eigenvalue weighted by atomic mass is 32.2. The molecule has 0 radical (unpaired) electrons. The summed E-state index contributed by atoms with van der Waals surface area (Å²) in [6, 6.07) is 4.65. The lowest BCUT2D eigenvalue weighted by Gasteiger charge is -2.34. The van der Waals surface area contributed by atoms with Crippen LogP contribution >= 0.6 is 0 Å². The van der Waals surface area contributed by atoms with Gasteiger partial charge in [0.2, 0.25) is 10.0 Å². The highest BCUT2D eigenvalue weighted by molar-refractivity contribution is 7.89. The second-order valence-electron chi connectivity index (χ2n) is 5.47. The second-order valence-corrected chi connectivity index (χ2v) is 7.43. The van der Waals surface area contributed by atoms with Gasteiger partial charge in [0, 0.05) is 24.8 Å². The van der Waals surface area contributed by atoms with Gasteiger partial charge >= 0.3 is 0 Å². The summed E-state index contributed by atoms with van der Waals surface area (Å²) < 4.78 is 32.2. The highest BCUT2D eigenvalue weighted by Crippen LogP contribution is 2.30. The molecule has 1 aliphatic rings. The SMILES string of the molecule is COc1cc(N)ccc1S(=O)(=O)N(C)C1CCN(C)CC1. The zero-order valence-corrected chi connectivity index (χ0v) is 13.6. The summed E-state index contributed by atoms with van der Waals surface area (Å²) in [5.74, 6) is 0.287. The number of sulfonamides is 1. The lowest BCUT2D eigenvalue weighted by atomic mass is 10.1. The van der Waals surface area contributed by atoms with Crippen molar-refractivity contribution in [2.75, 3.05) is 40.0 Å². The van der Waals surface area contributed by atoms with E-state index >= 15 is 0 Å². The number of hydrogen-bond acceptors (Lipinski definition) is 5. The van der Waals surface area contributed by atoms with E-state index in [2.05, 4.69) is 4.90 Å². The first-order valence-corrected chi connectivity index (χ1v) is 8.40. The average molecular weight is 313 g/mol. The summed E-state index contributed by atoms with van der Waals surface area (Å²) in [6.07, 6.45) is 1.67. The van der Waals surface area contributed by atoms with Gasteiger partial charge in [-0.1, -0.05) is 0 Å². The predicted octanol–water partition coefficient (Wildman–Crippen LogP) is 0.992. The molecule has 21 heavy (non-hydrogen) atoms. The Hall–Kier alpha value is -1.31. The maximum Gasteiger partial charge on any atom is 0.246 e. The van der Waals surface area contributed by atoms with Crippen molar-refractivity contribution in [2.45, 2.75) is 23.8 Å². The van der Waals surface area contributed by atoms with Gasteiger partial charge in [0.05, 0.1) is 7.11 Å². The molecule has 1 fully saturated rings. The fourth-order valence-corrected chi connectivity index (χ4v) is 4.16. The van der Waals surface area contributed by atoms with Crippen molar-refractivity contribution in [3.8, 4) is 5.75 Å². The molecular formula is C14H23N3O3S. The number of likely N-dealkylation sites (tertiary alicyclic amines) is 1. The number of rotatable bonds is 4. The van der Waals surface area contributed by atoms with Gasteiger partial charge in [-0.3, -0.25) is 0 Å². The number of ether oxygens (including phenoxy) is 1. The predicted molar refractivity (Wildman–Crippen MR) is 82.9 cm³/mol. The minimum absolute atomic E-state index is 0.0217. The van der Waals surface area contributed by atoms with Gasteiger partial charge in [-0.25, -0.2) is 8.42 Å². The van der Waals surface area contributed by atoms with E-state index in [-0.39, 0.29) is 16.7 Å². The van der Waals surface area contributed by atoms with Gasteiger partial charge in [-0.2, -0.15) is 4.31 Å². The maximum absolute atomic E-state index is 12.8. The quantitative estimate of drug-likeness (QED) is 0.839. The molecule has 2 rings (SSSR count). The second kappa shape index (κ2) is 6.21. The van der Waals surface area contributed by atoms with Crippen LogP contribution in [-0.2, 0) is 10.0 Å². The standard InChI is InChI=1S/C14H23N3O3S/c1-16-8-6-12(7-9-16)17(2)21(18,19)14-5-4-11(15)10-13(14)20-3/h4-5,10,12H,6-9,15H2,1-3H3. The van der Waals surface area contributed by atoms with Crippen molar-refractivity contribution < 1.29 is 13.2 Å². The Morgan fingerprint density at radius 3 is 2.52 bits per heavy atom. The smallest absolute Gasteiger partial charge is 0.246 e. The minimum Gasteiger partial charge on any atom is -0.495 e. The monoisotopic (exact) mass is 313 g/mol. The molecule has 1 aliphatic heterocycles. The number of nitrogens with zero attached hydrogens (tertiary/aromatic N) is 2. The van der Waals surface area contributed by atoms with Crippen molar-refractivity contribution in [3.05, 3.63) is 18.2 Å². The molecular weight excluding hydrogens is 290 g/mol. The van der Waals surface area contributed by atoms with Crippen molar-refractivity contribution in [3.63, 3.8) is 0 Å². The number of benzene rings is 1. The Morgan fingerprint density at radius 2 is 1.95 bits per heavy atom. The van der Waals surface area contributed by atoms with Crippen LogP contribution in [0.5, 0.6) is 5.75 Å². The third-order valence-electron chi connectivity index (χ3n) is 4.05. The largest absolute Gasteiger partial charge is 0.495 e. The fourth-order valence-electron chi connectivity index (χ4n) is 2.61. The molecule has 0 aromatic heterocycles. The number of methoxy groups -OCH3 is 1. The summed E-state index contributed by atoms with van der Waals surface area (Å²) in [5, 5.41) is 0. The first-order valence-electron chi connectivity index (χ1n) is 6.96. The minimum atomic E-state index is -3.58. The average Bonchev–Trinajstić information content (AvgIpc) is 2.46. The topological polar surface area (TPSA) is 75.9 Å². The van der Waals surface area contributed by atoms with E-state index in [9.17, 15) is 8.42 Å². The number of piperidine rings is 1. The third-order valence-corrected chi connectivity index (χ3v) is 6.00. The summed E-state index contributed by atoms with van der Waals surface area (Å²) in [6.45, 7) is 1.81. The fraction of sp³-hybridized carbons (Fsp3) is 0.571. The van der Waals surface area contributed by atoms with Crippen molar-refractivity contribution in [2.24, 2.45) is 0 Å². The van der Waals surface area contributed by atoms with Crippen LogP contribution in [0.15, 0.2) is 23.1 Å². The molecule has 7 heteroatoms. The molecule has 0 atom stereocenters. The van der Waals surface area contributed by atoms with Crippen molar-refractivity contribution >= 4 is 15.7 Å². The van der Waals surface area contributed by atoms with E-state index in [0.29, 0.717) is 5.69 Å². The molecule has 1 saturated heterocycles. The van der Waals surface area contributed by atoms with E-state index in [4.69, 9.17) is 10.5 Å². The summed E-state index contributed by atoms with van der Waals surface area (Å²) in [7, 11) is 1.56. The highest BCUT2D eigenvalue weighted by Gasteiger charge is 2.32. The van der Waals surface area contributed by atoms with Crippen molar-refractivity contribution in [1.82, 2.24) is 9.21 Å². The molecule has 0 spiro atoms. The van der Waals surface area contributed by atoms with Crippen LogP contribution in [0.3, 0.4) is 0 Å². The normalized spacial score (nSPS) is 18.1. The lowest BCUT2D eigenvalue weighted by Crippen LogP contribution is -2.44. The third kappa shape index (κ3) is 3.30. The van der Waals surface area contributed by atoms with Gasteiger partial charge < -0.3 is 15.4 Å². The Labute approximate surface area is 126 Å². The van der Waals surface area contributed by atoms with E-state index in [1.807, 2.05) is 7.05 Å². The van der Waals surface area contributed by atoms with Gasteiger partial charge in [-0.05, 0) is 45.1 Å². The van der Waals surface area contributed by atoms with E-state index in [1.165, 1.54) is 23.5 Å². The first kappa shape index (κ1) is 16.1. The first-order chi connectivity index (χ1) is 9.86. The summed E-state index contributed by atoms with van der Waals surface area (Å²) >= 11 is 0. The number of anilines is 1. The van der Waals surface area contributed by atoms with Crippen molar-refractivity contribution in [1.29, 1.82) is 0 Å². The Kier molecular flexibility index (Phi) is 4.75. The molecule has 0 bridgehead atoms. The zero-order valence-electron chi connectivity index (χ0n) is 12.7. The molecule has 0 saturated carbocycles. The molecule has 1 aromatic rings. The maximum atomic E-state index is 12.8. The Balaban J connectivity index is 2.29. The molecule has 1 heterocycles. The van der Waals surface area contributed by atoms with Crippen LogP contribution in [0.2, 0.25) is 0 Å². The number of hydrogen-bond donors (Lipinski definition) is 1. The number of nitrogens with two attached hydrogens (primary N) is 1. The van der Waals surface area contributed by atoms with Gasteiger partial charge in [0.1, 0.15) is 10.6 Å². The van der Waals surface area contributed by atoms with E-state index < -0.39 is 10.0 Å². The molecule has 1 aromatic carbocycles. The summed E-state index contributed by atoms with van der Waals surface area (Å²) in [4.78, 5) is 2.38. The van der Waals surface area contributed by atoms with Gasteiger partial charge in [-0.15, -0.1) is 0 Å². The Morgan fingerprint density at radius 1 is 1.33 bits per heavy atom. The molecule has 118 valence electrons. The van der Waals surface area contributed by atoms with Crippen LogP contribution in [-0.4, -0.2) is 58.0 Å². The van der Waals surface area contributed by atoms with E-state index in [0.717, 1.165) is 25.9 Å². The molecule has 0 aliphatic carbocycles. The molecule has 0 amide bonds. The molecule has 0 unspecified atom stereocenters. The summed E-state index contributed by atoms with van der Waals surface area (Å²) in [5.41, 5.74) is 6.17. The van der Waals surface area contributed by atoms with Crippen LogP contribution in [0, 0.1) is 0 Å². The van der Waals surface area contributed by atoms with Crippen LogP contribution in [0.4, 0.5) is 5.69 Å². The molecule has 6 nitrogen and oxygen atoms in total. The van der Waals surface area contributed by atoms with Crippen LogP contribution in [0.1, 0.15) is 12.8 Å². The lowest BCUT2D eigenvalue weighted by molar-refractivity contribution is 0.197. The van der Waals surface area contributed by atoms with Crippen LogP contribution < -0.4 is 10.5 Å². The van der Waals surface area contributed by atoms with E-state index in [1.54, 1.807) is 13.1 Å².